The third-order valence-corrected chi connectivity index (χ3v) is 12.0. The molecule has 40 heavy (non-hydrogen) atoms. The number of hydrogen-bond donors (Lipinski definition) is 2. The molecule has 1 fully saturated rings. The molecular formula is C26H27F3N5O3S3+. The number of aliphatic hydroxyl groups is 1. The lowest BCUT2D eigenvalue weighted by Gasteiger charge is -2.36. The number of nitrogens with one attached hydrogen (secondary N) is 1. The minimum absolute atomic E-state index is 0.0482. The Hall–Kier alpha value is -2.91. The largest absolute Gasteiger partial charge is 0.449 e. The predicted octanol–water partition coefficient (Wildman–Crippen LogP) is 4.40. The number of nitrogens with zero attached hydrogens (tertiary/aromatic N) is 4. The smallest absolute Gasteiger partial charge is 0.383 e. The molecule has 0 spiro atoms. The van der Waals surface area contributed by atoms with Crippen LogP contribution < -0.4 is 9.88 Å². The van der Waals surface area contributed by atoms with Crippen molar-refractivity contribution in [3.8, 4) is 0 Å². The lowest BCUT2D eigenvalue weighted by Crippen LogP contribution is -2.45. The number of thiazole rings is 1. The number of piperidine rings is 1. The van der Waals surface area contributed by atoms with Gasteiger partial charge in [-0.1, -0.05) is 23.2 Å². The Morgan fingerprint density at radius 3 is 2.55 bits per heavy atom. The quantitative estimate of drug-likeness (QED) is 0.317. The van der Waals surface area contributed by atoms with E-state index in [-0.39, 0.29) is 36.8 Å². The van der Waals surface area contributed by atoms with Crippen molar-refractivity contribution in [3.63, 3.8) is 0 Å². The molecule has 1 saturated heterocycles. The normalized spacial score (nSPS) is 19.9. The molecule has 0 bridgehead atoms. The van der Waals surface area contributed by atoms with Gasteiger partial charge in [0.1, 0.15) is 16.3 Å². The summed E-state index contributed by atoms with van der Waals surface area (Å²) in [5.41, 5.74) is -0.732. The fourth-order valence-electron chi connectivity index (χ4n) is 4.39. The standard InChI is InChI=1S/C26H26F3N5O3S3/c1-18-14-19(31-24-32-21(26(27,28)29)8-11-33(24)2)17-39(16-18)22-15-30-23(38-22)25(35)9-12-34(13-10-25)40(36,37)20-6-4-3-5-7-20/h3-8,11,14-17,35H,9-10,12-13H2,1-2H3/p+1. The van der Waals surface area contributed by atoms with Crippen LogP contribution >= 0.6 is 21.8 Å². The van der Waals surface area contributed by atoms with E-state index in [9.17, 15) is 26.7 Å². The van der Waals surface area contributed by atoms with Gasteiger partial charge in [-0.15, -0.1) is 21.8 Å². The van der Waals surface area contributed by atoms with Crippen LogP contribution in [0.3, 0.4) is 0 Å². The van der Waals surface area contributed by atoms with E-state index in [0.29, 0.717) is 10.7 Å². The summed E-state index contributed by atoms with van der Waals surface area (Å²) in [6.07, 6.45) is 0.683. The second kappa shape index (κ2) is 10.8. The Kier molecular flexibility index (Phi) is 7.74. The average Bonchev–Trinajstić information content (AvgIpc) is 3.41. The molecule has 1 aromatic carbocycles. The molecule has 212 valence electrons. The lowest BCUT2D eigenvalue weighted by atomic mass is 9.93. The number of halogens is 3. The predicted molar refractivity (Wildman–Crippen MR) is 148 cm³/mol. The van der Waals surface area contributed by atoms with Crippen molar-refractivity contribution in [2.75, 3.05) is 18.4 Å². The highest BCUT2D eigenvalue weighted by atomic mass is 32.2. The number of aromatic nitrogens is 3. The van der Waals surface area contributed by atoms with E-state index in [4.69, 9.17) is 0 Å². The monoisotopic (exact) mass is 610 g/mol. The number of hydrogen-bond acceptors (Lipinski definition) is 7. The van der Waals surface area contributed by atoms with Crippen LogP contribution in [0.5, 0.6) is 0 Å². The number of sulfonamides is 1. The zero-order valence-electron chi connectivity index (χ0n) is 21.6. The maximum Gasteiger partial charge on any atom is 0.449 e. The van der Waals surface area contributed by atoms with Crippen molar-refractivity contribution < 1.29 is 31.3 Å². The molecule has 2 aromatic heterocycles. The van der Waals surface area contributed by atoms with Crippen LogP contribution in [-0.4, -0.2) is 46.3 Å². The molecule has 0 radical (unpaired) electrons. The SMILES string of the molecule is CC1=CS(c2cnc(C3(O)CCN(S(=O)(=O)c4ccccc4)CC3)s2)=CC(Nc2nc(C(F)(F)F)cc[n+]2C)=C1. The number of aryl methyl sites for hydroxylation is 1. The Bertz CT molecular complexity index is 1630. The summed E-state index contributed by atoms with van der Waals surface area (Å²) in [7, 11) is -2.60. The molecule has 14 heteroatoms. The molecule has 1 unspecified atom stereocenters. The third kappa shape index (κ3) is 5.91. The Morgan fingerprint density at radius 1 is 1.18 bits per heavy atom. The van der Waals surface area contributed by atoms with Gasteiger partial charge in [-0.2, -0.15) is 17.5 Å². The summed E-state index contributed by atoms with van der Waals surface area (Å²) in [5.74, 6) is 0.0482. The summed E-state index contributed by atoms with van der Waals surface area (Å²) in [6.45, 7) is 2.22. The van der Waals surface area contributed by atoms with Crippen molar-refractivity contribution in [1.29, 1.82) is 0 Å². The zero-order valence-corrected chi connectivity index (χ0v) is 24.0. The number of benzene rings is 1. The van der Waals surface area contributed by atoms with Crippen LogP contribution in [0.2, 0.25) is 0 Å². The van der Waals surface area contributed by atoms with E-state index in [0.717, 1.165) is 15.8 Å². The van der Waals surface area contributed by atoms with E-state index < -0.39 is 38.0 Å². The molecule has 4 heterocycles. The van der Waals surface area contributed by atoms with Gasteiger partial charge in [0.15, 0.2) is 0 Å². The van der Waals surface area contributed by atoms with Crippen molar-refractivity contribution >= 4 is 43.2 Å². The van der Waals surface area contributed by atoms with Gasteiger partial charge in [-0.05, 0) is 49.0 Å². The van der Waals surface area contributed by atoms with Crippen LogP contribution in [0.25, 0.3) is 0 Å². The van der Waals surface area contributed by atoms with E-state index in [2.05, 4.69) is 15.3 Å². The van der Waals surface area contributed by atoms with E-state index >= 15 is 0 Å². The molecule has 2 aliphatic heterocycles. The Morgan fingerprint density at radius 2 is 1.88 bits per heavy atom. The zero-order chi connectivity index (χ0) is 28.7. The summed E-state index contributed by atoms with van der Waals surface area (Å²) < 4.78 is 69.2. The molecule has 2 N–H and O–H groups in total. The van der Waals surface area contributed by atoms with Crippen LogP contribution in [0.15, 0.2) is 80.7 Å². The summed E-state index contributed by atoms with van der Waals surface area (Å²) in [4.78, 5) is 8.46. The van der Waals surface area contributed by atoms with Crippen LogP contribution in [0, 0.1) is 0 Å². The molecule has 8 nitrogen and oxygen atoms in total. The highest BCUT2D eigenvalue weighted by Gasteiger charge is 2.40. The van der Waals surface area contributed by atoms with Gasteiger partial charge in [0.25, 0.3) is 0 Å². The Labute approximate surface area is 236 Å². The number of anilines is 1. The number of rotatable bonds is 6. The molecule has 0 amide bonds. The van der Waals surface area contributed by atoms with Crippen LogP contribution in [-0.2, 0) is 28.8 Å². The van der Waals surface area contributed by atoms with Gasteiger partial charge in [0.2, 0.25) is 15.7 Å². The van der Waals surface area contributed by atoms with Crippen molar-refractivity contribution in [2.45, 2.75) is 40.6 Å². The van der Waals surface area contributed by atoms with Gasteiger partial charge in [-0.25, -0.2) is 23.3 Å². The second-order valence-electron chi connectivity index (χ2n) is 9.55. The third-order valence-electron chi connectivity index (χ3n) is 6.56. The molecule has 0 aliphatic carbocycles. The second-order valence-corrected chi connectivity index (χ2v) is 14.4. The first-order valence-electron chi connectivity index (χ1n) is 12.3. The van der Waals surface area contributed by atoms with E-state index in [1.54, 1.807) is 43.6 Å². The molecule has 1 atom stereocenters. The van der Waals surface area contributed by atoms with Gasteiger partial charge in [0.05, 0.1) is 28.5 Å². The van der Waals surface area contributed by atoms with Crippen LogP contribution in [0.1, 0.15) is 30.5 Å². The lowest BCUT2D eigenvalue weighted by molar-refractivity contribution is -0.659. The summed E-state index contributed by atoms with van der Waals surface area (Å²) >= 11 is 1.35. The molecule has 5 rings (SSSR count). The summed E-state index contributed by atoms with van der Waals surface area (Å²) in [6, 6.07) is 9.14. The first-order valence-corrected chi connectivity index (χ1v) is 15.9. The highest BCUT2D eigenvalue weighted by Crippen LogP contribution is 2.42. The average molecular weight is 611 g/mol. The molecule has 0 saturated carbocycles. The van der Waals surface area contributed by atoms with E-state index in [1.165, 1.54) is 26.4 Å². The topological polar surface area (TPSA) is 99.3 Å². The van der Waals surface area contributed by atoms with Gasteiger partial charge in [-0.3, -0.25) is 0 Å². The highest BCUT2D eigenvalue weighted by molar-refractivity contribution is 8.19. The maximum absolute atomic E-state index is 13.2. The number of alkyl halides is 3. The number of allylic oxidation sites excluding steroid dienone is 3. The van der Waals surface area contributed by atoms with Crippen molar-refractivity contribution in [3.05, 3.63) is 82.2 Å². The first-order chi connectivity index (χ1) is 18.8. The van der Waals surface area contributed by atoms with Gasteiger partial charge < -0.3 is 5.11 Å². The van der Waals surface area contributed by atoms with Crippen molar-refractivity contribution in [2.24, 2.45) is 7.05 Å². The first kappa shape index (κ1) is 28.6. The van der Waals surface area contributed by atoms with Crippen molar-refractivity contribution in [1.82, 2.24) is 14.3 Å². The molecular weight excluding hydrogens is 584 g/mol. The fraction of sp³-hybridized carbons (Fsp3) is 0.308. The Balaban J connectivity index is 1.32. The minimum Gasteiger partial charge on any atom is -0.383 e. The minimum atomic E-state index is -4.56. The van der Waals surface area contributed by atoms with E-state index in [1.807, 2.05) is 23.8 Å². The molecule has 3 aromatic rings. The van der Waals surface area contributed by atoms with Crippen LogP contribution in [0.4, 0.5) is 19.1 Å². The fourth-order valence-corrected chi connectivity index (χ4v) is 8.90. The summed E-state index contributed by atoms with van der Waals surface area (Å²) in [5, 5.41) is 18.8. The van der Waals surface area contributed by atoms with Gasteiger partial charge in [0, 0.05) is 24.5 Å². The van der Waals surface area contributed by atoms with Gasteiger partial charge >= 0.3 is 12.1 Å². The molecule has 2 aliphatic rings. The maximum atomic E-state index is 13.2.